The Balaban J connectivity index is 1.91. The third kappa shape index (κ3) is 3.75. The lowest BCUT2D eigenvalue weighted by atomic mass is 10.1. The molecule has 8 heteroatoms. The number of nitrogens with zero attached hydrogens (tertiary/aromatic N) is 2. The highest BCUT2D eigenvalue weighted by molar-refractivity contribution is 7.90. The van der Waals surface area contributed by atoms with Gasteiger partial charge in [0.2, 0.25) is 0 Å². The van der Waals surface area contributed by atoms with Gasteiger partial charge in [-0.2, -0.15) is 4.99 Å². The monoisotopic (exact) mass is 408 g/mol. The number of amides is 1. The van der Waals surface area contributed by atoms with Gasteiger partial charge in [-0.15, -0.1) is 0 Å². The second-order valence-corrected chi connectivity index (χ2v) is 9.49. The standard InChI is InChI=1S/C18H17ClN2O3S2/c1-11-14(19)8-9-15-17(11)21(2)18(25-15)20-16(22)10-12-4-6-13(7-5-12)26(3,23)24/h4-9H,10H2,1-3H3. The molecule has 0 unspecified atom stereocenters. The predicted octanol–water partition coefficient (Wildman–Crippen LogP) is 3.28. The first-order valence-corrected chi connectivity index (χ1v) is 10.9. The Hall–Kier alpha value is -1.96. The summed E-state index contributed by atoms with van der Waals surface area (Å²) < 4.78 is 25.9. The van der Waals surface area contributed by atoms with Crippen LogP contribution in [0.2, 0.25) is 5.02 Å². The Morgan fingerprint density at radius 1 is 1.19 bits per heavy atom. The van der Waals surface area contributed by atoms with Crippen LogP contribution >= 0.6 is 22.9 Å². The van der Waals surface area contributed by atoms with Crippen LogP contribution < -0.4 is 4.80 Å². The summed E-state index contributed by atoms with van der Waals surface area (Å²) in [5.41, 5.74) is 2.63. The van der Waals surface area contributed by atoms with Crippen LogP contribution in [0.5, 0.6) is 0 Å². The number of rotatable bonds is 3. The lowest BCUT2D eigenvalue weighted by Gasteiger charge is -2.02. The van der Waals surface area contributed by atoms with Crippen LogP contribution in [0.1, 0.15) is 11.1 Å². The Kier molecular flexibility index (Phi) is 5.05. The number of carbonyl (C=O) groups excluding carboxylic acids is 1. The SMILES string of the molecule is Cc1c(Cl)ccc2sc(=NC(=O)Cc3ccc(S(C)(=O)=O)cc3)n(C)c12. The van der Waals surface area contributed by atoms with Crippen LogP contribution in [0, 0.1) is 6.92 Å². The quantitative estimate of drug-likeness (QED) is 0.667. The summed E-state index contributed by atoms with van der Waals surface area (Å²) in [5.74, 6) is -0.289. The topological polar surface area (TPSA) is 68.5 Å². The van der Waals surface area contributed by atoms with E-state index in [-0.39, 0.29) is 17.2 Å². The van der Waals surface area contributed by atoms with E-state index in [9.17, 15) is 13.2 Å². The molecular weight excluding hydrogens is 392 g/mol. The molecule has 0 N–H and O–H groups in total. The molecule has 0 fully saturated rings. The average Bonchev–Trinajstić information content (AvgIpc) is 2.87. The zero-order valence-electron chi connectivity index (χ0n) is 14.5. The lowest BCUT2D eigenvalue weighted by Crippen LogP contribution is -2.14. The second kappa shape index (κ2) is 6.98. The fraction of sp³-hybridized carbons (Fsp3) is 0.222. The summed E-state index contributed by atoms with van der Waals surface area (Å²) in [6.45, 7) is 1.94. The van der Waals surface area contributed by atoms with Crippen molar-refractivity contribution in [3.8, 4) is 0 Å². The minimum Gasteiger partial charge on any atom is -0.319 e. The van der Waals surface area contributed by atoms with Gasteiger partial charge in [-0.1, -0.05) is 35.1 Å². The molecule has 0 aliphatic heterocycles. The van der Waals surface area contributed by atoms with Crippen molar-refractivity contribution in [3.05, 3.63) is 57.3 Å². The number of halogens is 1. The first kappa shape index (κ1) is 18.8. The van der Waals surface area contributed by atoms with E-state index in [4.69, 9.17) is 11.6 Å². The van der Waals surface area contributed by atoms with Gasteiger partial charge in [-0.05, 0) is 42.3 Å². The molecule has 2 aromatic carbocycles. The second-order valence-electron chi connectivity index (χ2n) is 6.06. The molecule has 0 atom stereocenters. The van der Waals surface area contributed by atoms with Crippen LogP contribution in [-0.4, -0.2) is 25.1 Å². The molecule has 0 aliphatic carbocycles. The van der Waals surface area contributed by atoms with Gasteiger partial charge in [0.15, 0.2) is 14.6 Å². The normalized spacial score (nSPS) is 12.7. The van der Waals surface area contributed by atoms with Crippen molar-refractivity contribution in [1.29, 1.82) is 0 Å². The van der Waals surface area contributed by atoms with Crippen molar-refractivity contribution >= 4 is 48.9 Å². The van der Waals surface area contributed by atoms with E-state index in [1.165, 1.54) is 23.5 Å². The summed E-state index contributed by atoms with van der Waals surface area (Å²) in [4.78, 5) is 17.4. The van der Waals surface area contributed by atoms with Gasteiger partial charge in [0.1, 0.15) is 0 Å². The fourth-order valence-electron chi connectivity index (χ4n) is 2.69. The van der Waals surface area contributed by atoms with Gasteiger partial charge < -0.3 is 4.57 Å². The maximum atomic E-state index is 12.3. The molecule has 1 aromatic heterocycles. The Morgan fingerprint density at radius 3 is 2.46 bits per heavy atom. The highest BCUT2D eigenvalue weighted by Gasteiger charge is 2.11. The van der Waals surface area contributed by atoms with E-state index >= 15 is 0 Å². The van der Waals surface area contributed by atoms with E-state index in [0.29, 0.717) is 15.4 Å². The Bertz CT molecular complexity index is 1170. The van der Waals surface area contributed by atoms with E-state index in [2.05, 4.69) is 4.99 Å². The fourth-order valence-corrected chi connectivity index (χ4v) is 4.56. The number of hydrogen-bond acceptors (Lipinski definition) is 4. The maximum Gasteiger partial charge on any atom is 0.252 e. The van der Waals surface area contributed by atoms with Gasteiger partial charge in [0.25, 0.3) is 5.91 Å². The first-order valence-electron chi connectivity index (χ1n) is 7.78. The van der Waals surface area contributed by atoms with E-state index < -0.39 is 9.84 Å². The van der Waals surface area contributed by atoms with Crippen molar-refractivity contribution < 1.29 is 13.2 Å². The average molecular weight is 409 g/mol. The van der Waals surface area contributed by atoms with Crippen molar-refractivity contribution in [1.82, 2.24) is 4.57 Å². The van der Waals surface area contributed by atoms with E-state index in [1.54, 1.807) is 12.1 Å². The molecule has 0 spiro atoms. The summed E-state index contributed by atoms with van der Waals surface area (Å²) in [6.07, 6.45) is 1.26. The molecule has 0 bridgehead atoms. The lowest BCUT2D eigenvalue weighted by molar-refractivity contribution is -0.117. The highest BCUT2D eigenvalue weighted by Crippen LogP contribution is 2.26. The molecule has 0 aliphatic rings. The highest BCUT2D eigenvalue weighted by atomic mass is 35.5. The van der Waals surface area contributed by atoms with E-state index in [0.717, 1.165) is 22.0 Å². The van der Waals surface area contributed by atoms with Crippen molar-refractivity contribution in [2.75, 3.05) is 6.26 Å². The molecule has 3 aromatic rings. The Labute approximate surface area is 160 Å². The van der Waals surface area contributed by atoms with Crippen LogP contribution in [0.4, 0.5) is 0 Å². The van der Waals surface area contributed by atoms with Crippen LogP contribution in [0.25, 0.3) is 10.2 Å². The number of aryl methyl sites for hydroxylation is 2. The summed E-state index contributed by atoms with van der Waals surface area (Å²) >= 11 is 7.61. The molecule has 1 heterocycles. The van der Waals surface area contributed by atoms with E-state index in [1.807, 2.05) is 30.7 Å². The third-order valence-electron chi connectivity index (χ3n) is 4.08. The summed E-state index contributed by atoms with van der Waals surface area (Å²) in [6, 6.07) is 10.0. The molecule has 136 valence electrons. The summed E-state index contributed by atoms with van der Waals surface area (Å²) in [5, 5.41) is 0.676. The molecule has 0 saturated heterocycles. The third-order valence-corrected chi connectivity index (χ3v) is 6.71. The van der Waals surface area contributed by atoms with Crippen LogP contribution in [0.3, 0.4) is 0 Å². The van der Waals surface area contributed by atoms with Gasteiger partial charge in [-0.3, -0.25) is 4.79 Å². The number of hydrogen-bond donors (Lipinski definition) is 0. The minimum atomic E-state index is -3.25. The number of benzene rings is 2. The van der Waals surface area contributed by atoms with Gasteiger partial charge in [-0.25, -0.2) is 8.42 Å². The minimum absolute atomic E-state index is 0.109. The molecule has 26 heavy (non-hydrogen) atoms. The Morgan fingerprint density at radius 2 is 1.85 bits per heavy atom. The van der Waals surface area contributed by atoms with Crippen LogP contribution in [-0.2, 0) is 28.1 Å². The maximum absolute atomic E-state index is 12.3. The van der Waals surface area contributed by atoms with Gasteiger partial charge >= 0.3 is 0 Å². The zero-order chi connectivity index (χ0) is 19.1. The van der Waals surface area contributed by atoms with Crippen LogP contribution in [0.15, 0.2) is 46.3 Å². The number of carbonyl (C=O) groups is 1. The number of thiazole rings is 1. The smallest absolute Gasteiger partial charge is 0.252 e. The van der Waals surface area contributed by atoms with Crippen molar-refractivity contribution in [2.24, 2.45) is 12.0 Å². The van der Waals surface area contributed by atoms with Crippen molar-refractivity contribution in [3.63, 3.8) is 0 Å². The molecule has 0 saturated carbocycles. The zero-order valence-corrected chi connectivity index (χ0v) is 16.9. The number of sulfone groups is 1. The molecule has 3 rings (SSSR count). The summed E-state index contributed by atoms with van der Waals surface area (Å²) in [7, 11) is -1.39. The predicted molar refractivity (Wildman–Crippen MR) is 104 cm³/mol. The molecular formula is C18H17ClN2O3S2. The first-order chi connectivity index (χ1) is 12.2. The largest absolute Gasteiger partial charge is 0.319 e. The number of fused-ring (bicyclic) bond motifs is 1. The van der Waals surface area contributed by atoms with Gasteiger partial charge in [0.05, 0.1) is 21.5 Å². The number of aromatic nitrogens is 1. The molecule has 5 nitrogen and oxygen atoms in total. The van der Waals surface area contributed by atoms with Gasteiger partial charge in [0, 0.05) is 18.3 Å². The molecule has 0 radical (unpaired) electrons. The molecule has 1 amide bonds. The van der Waals surface area contributed by atoms with Crippen molar-refractivity contribution in [2.45, 2.75) is 18.2 Å².